The molecule has 1 aromatic heterocycles. The first-order chi connectivity index (χ1) is 6.41. The second-order valence-electron chi connectivity index (χ2n) is 4.70. The molecule has 0 saturated carbocycles. The first-order valence-corrected chi connectivity index (χ1v) is 6.14. The average molecular weight is 232 g/mol. The van der Waals surface area contributed by atoms with Crippen molar-refractivity contribution in [3.05, 3.63) is 21.3 Å². The van der Waals surface area contributed by atoms with Gasteiger partial charge in [0.15, 0.2) is 0 Å². The predicted molar refractivity (Wildman–Crippen MR) is 65.1 cm³/mol. The lowest BCUT2D eigenvalue weighted by Gasteiger charge is -2.26. The van der Waals surface area contributed by atoms with Gasteiger partial charge in [0, 0.05) is 10.9 Å². The number of thiophene rings is 1. The van der Waals surface area contributed by atoms with Gasteiger partial charge in [0.05, 0.1) is 5.02 Å². The van der Waals surface area contributed by atoms with E-state index in [1.807, 2.05) is 11.4 Å². The van der Waals surface area contributed by atoms with Gasteiger partial charge in [0.2, 0.25) is 0 Å². The van der Waals surface area contributed by atoms with E-state index >= 15 is 0 Å². The van der Waals surface area contributed by atoms with Crippen LogP contribution in [0.5, 0.6) is 0 Å². The zero-order chi connectivity index (χ0) is 10.8. The SMILES string of the molecule is CC(C)(C)C(N)CCc1sccc1Cl. The zero-order valence-electron chi connectivity index (χ0n) is 9.01. The second kappa shape index (κ2) is 4.65. The second-order valence-corrected chi connectivity index (χ2v) is 6.11. The van der Waals surface area contributed by atoms with Crippen molar-refractivity contribution in [3.63, 3.8) is 0 Å². The Morgan fingerprint density at radius 3 is 2.57 bits per heavy atom. The Hall–Kier alpha value is -0.0500. The van der Waals surface area contributed by atoms with E-state index in [2.05, 4.69) is 20.8 Å². The smallest absolute Gasteiger partial charge is 0.0544 e. The van der Waals surface area contributed by atoms with Crippen LogP contribution >= 0.6 is 22.9 Å². The number of nitrogens with two attached hydrogens (primary N) is 1. The van der Waals surface area contributed by atoms with Crippen molar-refractivity contribution >= 4 is 22.9 Å². The molecule has 1 atom stereocenters. The maximum Gasteiger partial charge on any atom is 0.0544 e. The van der Waals surface area contributed by atoms with Crippen molar-refractivity contribution in [2.45, 2.75) is 39.7 Å². The highest BCUT2D eigenvalue weighted by molar-refractivity contribution is 7.10. The third kappa shape index (κ3) is 3.26. The molecule has 0 radical (unpaired) electrons. The van der Waals surface area contributed by atoms with Gasteiger partial charge >= 0.3 is 0 Å². The summed E-state index contributed by atoms with van der Waals surface area (Å²) in [4.78, 5) is 1.26. The molecule has 0 bridgehead atoms. The van der Waals surface area contributed by atoms with Crippen LogP contribution in [0.1, 0.15) is 32.1 Å². The first kappa shape index (κ1) is 12.0. The molecule has 0 aromatic carbocycles. The number of hydrogen-bond acceptors (Lipinski definition) is 2. The standard InChI is InChI=1S/C11H18ClNS/c1-11(2,3)10(13)5-4-9-8(12)6-7-14-9/h6-7,10H,4-5,13H2,1-3H3. The van der Waals surface area contributed by atoms with Crippen LogP contribution in [0.25, 0.3) is 0 Å². The van der Waals surface area contributed by atoms with Gasteiger partial charge in [0.25, 0.3) is 0 Å². The van der Waals surface area contributed by atoms with Crippen molar-refractivity contribution in [2.75, 3.05) is 0 Å². The van der Waals surface area contributed by atoms with Crippen LogP contribution < -0.4 is 5.73 Å². The molecule has 1 rings (SSSR count). The van der Waals surface area contributed by atoms with Gasteiger partial charge in [-0.1, -0.05) is 32.4 Å². The van der Waals surface area contributed by atoms with Crippen LogP contribution in [0.15, 0.2) is 11.4 Å². The molecule has 1 nitrogen and oxygen atoms in total. The Bertz CT molecular complexity index is 288. The Balaban J connectivity index is 2.46. The van der Waals surface area contributed by atoms with E-state index in [1.165, 1.54) is 4.88 Å². The summed E-state index contributed by atoms with van der Waals surface area (Å²) in [6.07, 6.45) is 2.00. The number of hydrogen-bond donors (Lipinski definition) is 1. The molecule has 0 aliphatic heterocycles. The highest BCUT2D eigenvalue weighted by atomic mass is 35.5. The molecule has 14 heavy (non-hydrogen) atoms. The van der Waals surface area contributed by atoms with E-state index in [-0.39, 0.29) is 11.5 Å². The summed E-state index contributed by atoms with van der Waals surface area (Å²) < 4.78 is 0. The average Bonchev–Trinajstić information content (AvgIpc) is 2.45. The van der Waals surface area contributed by atoms with Gasteiger partial charge in [-0.05, 0) is 29.7 Å². The predicted octanol–water partition coefficient (Wildman–Crippen LogP) is 3.71. The van der Waals surface area contributed by atoms with E-state index in [4.69, 9.17) is 17.3 Å². The van der Waals surface area contributed by atoms with E-state index in [9.17, 15) is 0 Å². The van der Waals surface area contributed by atoms with Gasteiger partial charge in [-0.3, -0.25) is 0 Å². The van der Waals surface area contributed by atoms with Crippen LogP contribution in [0.3, 0.4) is 0 Å². The molecule has 0 aliphatic carbocycles. The molecule has 3 heteroatoms. The quantitative estimate of drug-likeness (QED) is 0.844. The molecule has 1 heterocycles. The maximum atomic E-state index is 6.08. The van der Waals surface area contributed by atoms with Crippen molar-refractivity contribution in [1.82, 2.24) is 0 Å². The Kier molecular flexibility index (Phi) is 3.99. The largest absolute Gasteiger partial charge is 0.327 e. The minimum Gasteiger partial charge on any atom is -0.327 e. The first-order valence-electron chi connectivity index (χ1n) is 4.88. The van der Waals surface area contributed by atoms with Crippen LogP contribution in [0.2, 0.25) is 5.02 Å². The van der Waals surface area contributed by atoms with Crippen molar-refractivity contribution in [1.29, 1.82) is 0 Å². The Morgan fingerprint density at radius 1 is 1.50 bits per heavy atom. The molecule has 80 valence electrons. The summed E-state index contributed by atoms with van der Waals surface area (Å²) in [6.45, 7) is 6.52. The van der Waals surface area contributed by atoms with E-state index in [0.29, 0.717) is 0 Å². The van der Waals surface area contributed by atoms with Crippen molar-refractivity contribution < 1.29 is 0 Å². The van der Waals surface area contributed by atoms with Crippen LogP contribution in [-0.2, 0) is 6.42 Å². The maximum absolute atomic E-state index is 6.08. The molecular formula is C11H18ClNS. The lowest BCUT2D eigenvalue weighted by Crippen LogP contribution is -2.35. The van der Waals surface area contributed by atoms with Gasteiger partial charge in [-0.15, -0.1) is 11.3 Å². The van der Waals surface area contributed by atoms with Crippen molar-refractivity contribution in [3.8, 4) is 0 Å². The zero-order valence-corrected chi connectivity index (χ0v) is 10.6. The minimum atomic E-state index is 0.184. The summed E-state index contributed by atoms with van der Waals surface area (Å²) in [7, 11) is 0. The Labute approximate surface area is 95.3 Å². The summed E-state index contributed by atoms with van der Waals surface area (Å²) in [5.74, 6) is 0. The monoisotopic (exact) mass is 231 g/mol. The molecule has 0 saturated heterocycles. The summed E-state index contributed by atoms with van der Waals surface area (Å²) in [5.41, 5.74) is 6.26. The fourth-order valence-corrected chi connectivity index (χ4v) is 2.37. The molecule has 0 spiro atoms. The van der Waals surface area contributed by atoms with E-state index in [1.54, 1.807) is 11.3 Å². The van der Waals surface area contributed by atoms with E-state index < -0.39 is 0 Å². The molecule has 1 aromatic rings. The molecular weight excluding hydrogens is 214 g/mol. The lowest BCUT2D eigenvalue weighted by atomic mass is 9.85. The number of rotatable bonds is 3. The van der Waals surface area contributed by atoms with Crippen LogP contribution in [0.4, 0.5) is 0 Å². The molecule has 0 fully saturated rings. The third-order valence-electron chi connectivity index (χ3n) is 2.49. The fraction of sp³-hybridized carbons (Fsp3) is 0.636. The van der Waals surface area contributed by atoms with Crippen LogP contribution in [0, 0.1) is 5.41 Å². The number of aryl methyl sites for hydroxylation is 1. The van der Waals surface area contributed by atoms with Gasteiger partial charge in [-0.25, -0.2) is 0 Å². The minimum absolute atomic E-state index is 0.184. The normalized spacial score (nSPS) is 14.4. The Morgan fingerprint density at radius 2 is 2.14 bits per heavy atom. The molecule has 0 aliphatic rings. The highest BCUT2D eigenvalue weighted by Crippen LogP contribution is 2.26. The van der Waals surface area contributed by atoms with Crippen LogP contribution in [-0.4, -0.2) is 6.04 Å². The molecule has 0 amide bonds. The molecule has 2 N–H and O–H groups in total. The van der Waals surface area contributed by atoms with E-state index in [0.717, 1.165) is 17.9 Å². The molecule has 1 unspecified atom stereocenters. The fourth-order valence-electron chi connectivity index (χ4n) is 1.22. The van der Waals surface area contributed by atoms with Gasteiger partial charge in [-0.2, -0.15) is 0 Å². The van der Waals surface area contributed by atoms with Crippen molar-refractivity contribution in [2.24, 2.45) is 11.1 Å². The number of halogens is 1. The lowest BCUT2D eigenvalue weighted by molar-refractivity contribution is 0.306. The summed E-state index contributed by atoms with van der Waals surface area (Å²) in [5, 5.41) is 2.91. The summed E-state index contributed by atoms with van der Waals surface area (Å²) >= 11 is 7.72. The third-order valence-corrected chi connectivity index (χ3v) is 3.93. The van der Waals surface area contributed by atoms with Gasteiger partial charge < -0.3 is 5.73 Å². The topological polar surface area (TPSA) is 26.0 Å². The van der Waals surface area contributed by atoms with Gasteiger partial charge in [0.1, 0.15) is 0 Å². The highest BCUT2D eigenvalue weighted by Gasteiger charge is 2.20. The summed E-state index contributed by atoms with van der Waals surface area (Å²) in [6, 6.07) is 2.19.